The van der Waals surface area contributed by atoms with Gasteiger partial charge in [0.25, 0.3) is 17.1 Å². The minimum Gasteiger partial charge on any atom is -0.491 e. The van der Waals surface area contributed by atoms with Gasteiger partial charge >= 0.3 is 0 Å². The summed E-state index contributed by atoms with van der Waals surface area (Å²) in [6.45, 7) is 3.87. The lowest BCUT2D eigenvalue weighted by atomic mass is 10.1. The summed E-state index contributed by atoms with van der Waals surface area (Å²) in [4.78, 5) is 39.3. The van der Waals surface area contributed by atoms with Gasteiger partial charge in [0.2, 0.25) is 0 Å². The number of benzene rings is 3. The Bertz CT molecular complexity index is 1430. The van der Waals surface area contributed by atoms with Crippen molar-refractivity contribution in [3.63, 3.8) is 0 Å². The lowest BCUT2D eigenvalue weighted by Gasteiger charge is -2.14. The average molecular weight is 571 g/mol. The van der Waals surface area contributed by atoms with Crippen LogP contribution in [-0.2, 0) is 9.59 Å². The van der Waals surface area contributed by atoms with Gasteiger partial charge in [0.15, 0.2) is 6.61 Å². The van der Waals surface area contributed by atoms with E-state index in [2.05, 4.69) is 5.32 Å². The molecule has 0 radical (unpaired) electrons. The van der Waals surface area contributed by atoms with Crippen LogP contribution in [0.4, 0.5) is 10.5 Å². The minimum absolute atomic E-state index is 0.108. The van der Waals surface area contributed by atoms with Crippen LogP contribution in [0.5, 0.6) is 11.5 Å². The number of ether oxygens (including phenoxy) is 2. The van der Waals surface area contributed by atoms with Crippen LogP contribution in [0.15, 0.2) is 65.6 Å². The van der Waals surface area contributed by atoms with Gasteiger partial charge < -0.3 is 14.8 Å². The molecule has 0 atom stereocenters. The van der Waals surface area contributed by atoms with Gasteiger partial charge in [-0.1, -0.05) is 47.5 Å². The summed E-state index contributed by atoms with van der Waals surface area (Å²) in [5.41, 5.74) is 2.95. The van der Waals surface area contributed by atoms with Gasteiger partial charge in [-0.3, -0.25) is 19.3 Å². The number of amides is 3. The lowest BCUT2D eigenvalue weighted by molar-refractivity contribution is -0.123. The molecule has 0 aromatic heterocycles. The summed E-state index contributed by atoms with van der Waals surface area (Å²) >= 11 is 13.1. The van der Waals surface area contributed by atoms with E-state index in [0.29, 0.717) is 32.8 Å². The molecule has 0 spiro atoms. The summed E-state index contributed by atoms with van der Waals surface area (Å²) in [5, 5.41) is 3.10. The van der Waals surface area contributed by atoms with Crippen molar-refractivity contribution in [2.24, 2.45) is 0 Å². The van der Waals surface area contributed by atoms with Crippen LogP contribution < -0.4 is 14.8 Å². The van der Waals surface area contributed by atoms with Gasteiger partial charge in [0.1, 0.15) is 18.1 Å². The number of para-hydroxylation sites is 1. The summed E-state index contributed by atoms with van der Waals surface area (Å²) < 4.78 is 11.5. The van der Waals surface area contributed by atoms with Crippen LogP contribution in [-0.4, -0.2) is 41.7 Å². The van der Waals surface area contributed by atoms with E-state index in [0.717, 1.165) is 27.8 Å². The molecule has 3 aromatic carbocycles. The highest BCUT2D eigenvalue weighted by Crippen LogP contribution is 2.35. The molecule has 3 amide bonds. The topological polar surface area (TPSA) is 84.9 Å². The van der Waals surface area contributed by atoms with Gasteiger partial charge in [0.05, 0.1) is 22.2 Å². The number of nitrogens with one attached hydrogen (secondary N) is 1. The van der Waals surface area contributed by atoms with Crippen molar-refractivity contribution in [1.82, 2.24) is 4.90 Å². The van der Waals surface area contributed by atoms with Crippen molar-refractivity contribution >= 4 is 63.8 Å². The van der Waals surface area contributed by atoms with Gasteiger partial charge in [-0.05, 0) is 79.2 Å². The molecule has 38 heavy (non-hydrogen) atoms. The molecule has 10 heteroatoms. The van der Waals surface area contributed by atoms with Gasteiger partial charge in [0, 0.05) is 10.6 Å². The SMILES string of the molecule is Cc1ccc(C)c(OCCN2C(=O)S/C(=C\c3cc(Cl)ccc3OCC(=O)Nc3ccccc3Cl)C2=O)c1. The number of nitrogens with zero attached hydrogens (tertiary/aromatic N) is 1. The second-order valence-corrected chi connectivity index (χ2v) is 10.3. The molecule has 0 bridgehead atoms. The van der Waals surface area contributed by atoms with E-state index in [1.165, 1.54) is 6.08 Å². The molecular formula is C28H24Cl2N2O5S. The molecule has 1 fully saturated rings. The Hall–Kier alpha value is -3.46. The van der Waals surface area contributed by atoms with Crippen molar-refractivity contribution in [2.45, 2.75) is 13.8 Å². The maximum absolute atomic E-state index is 13.0. The normalized spacial score (nSPS) is 14.2. The van der Waals surface area contributed by atoms with E-state index >= 15 is 0 Å². The Balaban J connectivity index is 1.41. The number of halogens is 2. The van der Waals surface area contributed by atoms with Crippen LogP contribution >= 0.6 is 35.0 Å². The van der Waals surface area contributed by atoms with E-state index in [1.807, 2.05) is 32.0 Å². The highest BCUT2D eigenvalue weighted by molar-refractivity contribution is 8.18. The molecule has 0 saturated carbocycles. The van der Waals surface area contributed by atoms with Crippen molar-refractivity contribution in [3.05, 3.63) is 92.3 Å². The number of imide groups is 1. The van der Waals surface area contributed by atoms with Crippen LogP contribution in [0.25, 0.3) is 6.08 Å². The highest BCUT2D eigenvalue weighted by atomic mass is 35.5. The van der Waals surface area contributed by atoms with Crippen LogP contribution in [0.1, 0.15) is 16.7 Å². The monoisotopic (exact) mass is 570 g/mol. The fourth-order valence-corrected chi connectivity index (χ4v) is 4.82. The highest BCUT2D eigenvalue weighted by Gasteiger charge is 2.35. The summed E-state index contributed by atoms with van der Waals surface area (Å²) in [7, 11) is 0. The van der Waals surface area contributed by atoms with Crippen LogP contribution in [0, 0.1) is 13.8 Å². The second kappa shape index (κ2) is 12.4. The van der Waals surface area contributed by atoms with Crippen LogP contribution in [0.3, 0.4) is 0 Å². The van der Waals surface area contributed by atoms with E-state index in [-0.39, 0.29) is 24.7 Å². The van der Waals surface area contributed by atoms with Gasteiger partial charge in [-0.15, -0.1) is 0 Å². The molecule has 7 nitrogen and oxygen atoms in total. The number of thioether (sulfide) groups is 1. The Morgan fingerprint density at radius 3 is 2.58 bits per heavy atom. The Morgan fingerprint density at radius 1 is 1.00 bits per heavy atom. The summed E-state index contributed by atoms with van der Waals surface area (Å²) in [6, 6.07) is 17.5. The zero-order valence-electron chi connectivity index (χ0n) is 20.6. The number of hydrogen-bond donors (Lipinski definition) is 1. The fourth-order valence-electron chi connectivity index (χ4n) is 3.60. The molecule has 1 N–H and O–H groups in total. The Morgan fingerprint density at radius 2 is 1.79 bits per heavy atom. The van der Waals surface area contributed by atoms with Crippen molar-refractivity contribution in [2.75, 3.05) is 25.1 Å². The van der Waals surface area contributed by atoms with E-state index in [9.17, 15) is 14.4 Å². The third kappa shape index (κ3) is 6.89. The first-order valence-electron chi connectivity index (χ1n) is 11.6. The lowest BCUT2D eigenvalue weighted by Crippen LogP contribution is -2.32. The first kappa shape index (κ1) is 27.6. The Kier molecular flexibility index (Phi) is 8.99. The van der Waals surface area contributed by atoms with Gasteiger partial charge in [-0.2, -0.15) is 0 Å². The summed E-state index contributed by atoms with van der Waals surface area (Å²) in [5.74, 6) is 0.190. The zero-order valence-corrected chi connectivity index (χ0v) is 23.0. The predicted octanol–water partition coefficient (Wildman–Crippen LogP) is 6.74. The third-order valence-corrected chi connectivity index (χ3v) is 7.03. The predicted molar refractivity (Wildman–Crippen MR) is 151 cm³/mol. The van der Waals surface area contributed by atoms with E-state index in [4.69, 9.17) is 32.7 Å². The van der Waals surface area contributed by atoms with Crippen molar-refractivity contribution < 1.29 is 23.9 Å². The number of carbonyl (C=O) groups excluding carboxylic acids is 3. The van der Waals surface area contributed by atoms with Gasteiger partial charge in [-0.25, -0.2) is 0 Å². The number of aryl methyl sites for hydroxylation is 2. The molecule has 0 aliphatic carbocycles. The molecule has 1 heterocycles. The van der Waals surface area contributed by atoms with Crippen molar-refractivity contribution in [3.8, 4) is 11.5 Å². The number of anilines is 1. The van der Waals surface area contributed by atoms with E-state index < -0.39 is 17.1 Å². The maximum Gasteiger partial charge on any atom is 0.293 e. The summed E-state index contributed by atoms with van der Waals surface area (Å²) in [6.07, 6.45) is 1.53. The molecule has 0 unspecified atom stereocenters. The average Bonchev–Trinajstić information content (AvgIpc) is 3.14. The molecule has 1 aliphatic rings. The second-order valence-electron chi connectivity index (χ2n) is 8.45. The molecular weight excluding hydrogens is 547 g/mol. The number of carbonyl (C=O) groups is 3. The van der Waals surface area contributed by atoms with Crippen LogP contribution in [0.2, 0.25) is 10.0 Å². The smallest absolute Gasteiger partial charge is 0.293 e. The maximum atomic E-state index is 13.0. The standard InChI is InChI=1S/C28H24Cl2N2O5S/c1-17-7-8-18(2)24(13-17)36-12-11-32-27(34)25(38-28(32)35)15-19-14-20(29)9-10-23(19)37-16-26(33)31-22-6-4-3-5-21(22)30/h3-10,13-15H,11-12,16H2,1-2H3,(H,31,33)/b25-15-. The fraction of sp³-hybridized carbons (Fsp3) is 0.179. The zero-order chi connectivity index (χ0) is 27.2. The first-order chi connectivity index (χ1) is 18.2. The Labute approximate surface area is 234 Å². The minimum atomic E-state index is -0.438. The molecule has 196 valence electrons. The molecule has 3 aromatic rings. The molecule has 1 saturated heterocycles. The molecule has 4 rings (SSSR count). The van der Waals surface area contributed by atoms with E-state index in [1.54, 1.807) is 42.5 Å². The number of hydrogen-bond acceptors (Lipinski definition) is 6. The largest absolute Gasteiger partial charge is 0.491 e. The molecule has 1 aliphatic heterocycles. The third-order valence-electron chi connectivity index (χ3n) is 5.55. The van der Waals surface area contributed by atoms with Crippen molar-refractivity contribution in [1.29, 1.82) is 0 Å². The first-order valence-corrected chi connectivity index (χ1v) is 13.2. The number of rotatable bonds is 9. The quantitative estimate of drug-likeness (QED) is 0.286.